The van der Waals surface area contributed by atoms with Gasteiger partial charge in [-0.2, -0.15) is 0 Å². The molecule has 0 saturated heterocycles. The summed E-state index contributed by atoms with van der Waals surface area (Å²) in [6, 6.07) is 14.7. The van der Waals surface area contributed by atoms with Gasteiger partial charge in [0.2, 0.25) is 0 Å². The van der Waals surface area contributed by atoms with Gasteiger partial charge in [0.05, 0.1) is 16.3 Å². The van der Waals surface area contributed by atoms with Crippen LogP contribution in [0, 0.1) is 19.7 Å². The van der Waals surface area contributed by atoms with Gasteiger partial charge in [-0.05, 0) is 62.2 Å². The molecule has 0 amide bonds. The predicted molar refractivity (Wildman–Crippen MR) is 115 cm³/mol. The van der Waals surface area contributed by atoms with Crippen LogP contribution >= 0.6 is 0 Å². The third-order valence-electron chi connectivity index (χ3n) is 5.36. The maximum atomic E-state index is 13.8. The number of nitrogens with zero attached hydrogens (tertiary/aromatic N) is 2. The number of hydrogen-bond donors (Lipinski definition) is 1. The summed E-state index contributed by atoms with van der Waals surface area (Å²) in [6.45, 7) is 6.17. The van der Waals surface area contributed by atoms with Gasteiger partial charge >= 0.3 is 0 Å². The van der Waals surface area contributed by atoms with Gasteiger partial charge in [0.1, 0.15) is 16.6 Å². The van der Waals surface area contributed by atoms with Crippen LogP contribution in [0.15, 0.2) is 64.6 Å². The Morgan fingerprint density at radius 2 is 1.93 bits per heavy atom. The van der Waals surface area contributed by atoms with Gasteiger partial charge in [-0.1, -0.05) is 24.3 Å². The Bertz CT molecular complexity index is 1070. The monoisotopic (exact) mass is 409 g/mol. The number of nitrogens with one attached hydrogen (secondary N) is 1. The smallest absolute Gasteiger partial charge is 0.155 e. The Kier molecular flexibility index (Phi) is 5.74. The lowest BCUT2D eigenvalue weighted by Crippen LogP contribution is -2.29. The highest BCUT2D eigenvalue weighted by atomic mass is 32.2. The summed E-state index contributed by atoms with van der Waals surface area (Å²) in [4.78, 5) is 7.44. The van der Waals surface area contributed by atoms with Crippen LogP contribution in [0.5, 0.6) is 0 Å². The zero-order valence-corrected chi connectivity index (χ0v) is 17.4. The molecule has 0 radical (unpaired) electrons. The van der Waals surface area contributed by atoms with Crippen molar-refractivity contribution in [2.75, 3.05) is 18.0 Å². The standard InChI is InChI=1S/C23H24FN3OS/c1-16-10-11-21-22(17(16)2)27(20-9-5-13-26-23(20)29(21)28)14-6-12-25-15-18-7-3-4-8-19(18)24/h3-5,7-11,13,25H,6,12,14-15H2,1-2H3. The second-order valence-corrected chi connectivity index (χ2v) is 8.59. The maximum Gasteiger partial charge on any atom is 0.155 e. The zero-order valence-electron chi connectivity index (χ0n) is 16.6. The van der Waals surface area contributed by atoms with Gasteiger partial charge in [-0.15, -0.1) is 0 Å². The largest absolute Gasteiger partial charge is 0.338 e. The Balaban J connectivity index is 1.51. The molecule has 3 aromatic rings. The second-order valence-electron chi connectivity index (χ2n) is 7.22. The van der Waals surface area contributed by atoms with E-state index in [1.807, 2.05) is 30.3 Å². The van der Waals surface area contributed by atoms with Crippen molar-refractivity contribution in [3.8, 4) is 0 Å². The van der Waals surface area contributed by atoms with Crippen LogP contribution in [0.25, 0.3) is 0 Å². The average Bonchev–Trinajstić information content (AvgIpc) is 2.73. The minimum atomic E-state index is -1.28. The van der Waals surface area contributed by atoms with E-state index >= 15 is 0 Å². The van der Waals surface area contributed by atoms with E-state index in [4.69, 9.17) is 0 Å². The first kappa shape index (κ1) is 19.7. The van der Waals surface area contributed by atoms with Gasteiger partial charge in [-0.25, -0.2) is 13.6 Å². The number of anilines is 2. The van der Waals surface area contributed by atoms with E-state index in [1.165, 1.54) is 11.6 Å². The summed E-state index contributed by atoms with van der Waals surface area (Å²) in [5.74, 6) is -0.182. The molecule has 0 fully saturated rings. The zero-order chi connectivity index (χ0) is 20.4. The number of halogens is 1. The first-order valence-corrected chi connectivity index (χ1v) is 10.9. The molecule has 29 heavy (non-hydrogen) atoms. The van der Waals surface area contributed by atoms with E-state index in [1.54, 1.807) is 18.3 Å². The van der Waals surface area contributed by atoms with Crippen LogP contribution in [0.4, 0.5) is 15.8 Å². The van der Waals surface area contributed by atoms with E-state index in [0.717, 1.165) is 41.3 Å². The minimum Gasteiger partial charge on any atom is -0.338 e. The summed E-state index contributed by atoms with van der Waals surface area (Å²) in [5.41, 5.74) is 4.92. The van der Waals surface area contributed by atoms with Crippen molar-refractivity contribution in [2.24, 2.45) is 0 Å². The van der Waals surface area contributed by atoms with Crippen molar-refractivity contribution >= 4 is 22.2 Å². The summed E-state index contributed by atoms with van der Waals surface area (Å²) in [7, 11) is -1.28. The van der Waals surface area contributed by atoms with Crippen molar-refractivity contribution < 1.29 is 8.60 Å². The number of aryl methyl sites for hydroxylation is 1. The number of rotatable bonds is 6. The lowest BCUT2D eigenvalue weighted by molar-refractivity contribution is 0.582. The average molecular weight is 410 g/mol. The molecule has 1 N–H and O–H groups in total. The Morgan fingerprint density at radius 1 is 1.10 bits per heavy atom. The summed E-state index contributed by atoms with van der Waals surface area (Å²) in [6.07, 6.45) is 2.55. The molecule has 4 rings (SSSR count). The lowest BCUT2D eigenvalue weighted by Gasteiger charge is -2.34. The van der Waals surface area contributed by atoms with Crippen LogP contribution in [-0.2, 0) is 17.3 Å². The summed E-state index contributed by atoms with van der Waals surface area (Å²) >= 11 is 0. The quantitative estimate of drug-likeness (QED) is 0.603. The van der Waals surface area contributed by atoms with Crippen LogP contribution in [0.1, 0.15) is 23.1 Å². The van der Waals surface area contributed by atoms with Crippen molar-refractivity contribution in [1.29, 1.82) is 0 Å². The molecule has 1 aliphatic rings. The fraction of sp³-hybridized carbons (Fsp3) is 0.261. The molecule has 0 aliphatic carbocycles. The number of benzene rings is 2. The molecule has 4 nitrogen and oxygen atoms in total. The maximum absolute atomic E-state index is 13.8. The highest BCUT2D eigenvalue weighted by Gasteiger charge is 2.30. The molecule has 0 bridgehead atoms. The highest BCUT2D eigenvalue weighted by Crippen LogP contribution is 2.43. The lowest BCUT2D eigenvalue weighted by atomic mass is 10.1. The topological polar surface area (TPSA) is 45.2 Å². The molecular formula is C23H24FN3OS. The van der Waals surface area contributed by atoms with Crippen molar-refractivity contribution in [3.05, 3.63) is 77.2 Å². The molecule has 1 atom stereocenters. The third-order valence-corrected chi connectivity index (χ3v) is 6.76. The molecule has 2 heterocycles. The normalized spacial score (nSPS) is 15.1. The molecule has 6 heteroatoms. The van der Waals surface area contributed by atoms with Crippen LogP contribution in [0.2, 0.25) is 0 Å². The van der Waals surface area contributed by atoms with E-state index < -0.39 is 10.8 Å². The van der Waals surface area contributed by atoms with E-state index in [2.05, 4.69) is 29.0 Å². The van der Waals surface area contributed by atoms with Crippen LogP contribution in [-0.4, -0.2) is 22.3 Å². The molecule has 0 spiro atoms. The molecule has 2 aromatic carbocycles. The third kappa shape index (κ3) is 3.82. The highest BCUT2D eigenvalue weighted by molar-refractivity contribution is 7.85. The Labute approximate surface area is 173 Å². The summed E-state index contributed by atoms with van der Waals surface area (Å²) in [5, 5.41) is 3.94. The first-order chi connectivity index (χ1) is 14.1. The molecule has 1 unspecified atom stereocenters. The van der Waals surface area contributed by atoms with Gasteiger partial charge in [-0.3, -0.25) is 0 Å². The predicted octanol–water partition coefficient (Wildman–Crippen LogP) is 4.64. The summed E-state index contributed by atoms with van der Waals surface area (Å²) < 4.78 is 26.8. The molecule has 1 aliphatic heterocycles. The Morgan fingerprint density at radius 3 is 2.76 bits per heavy atom. The first-order valence-electron chi connectivity index (χ1n) is 9.76. The molecular weight excluding hydrogens is 385 g/mol. The van der Waals surface area contributed by atoms with E-state index in [9.17, 15) is 8.60 Å². The van der Waals surface area contributed by atoms with Gasteiger partial charge in [0.15, 0.2) is 5.03 Å². The fourth-order valence-corrected chi connectivity index (χ4v) is 5.04. The van der Waals surface area contributed by atoms with Crippen molar-refractivity contribution in [2.45, 2.75) is 36.7 Å². The van der Waals surface area contributed by atoms with Crippen LogP contribution in [0.3, 0.4) is 0 Å². The van der Waals surface area contributed by atoms with E-state index in [0.29, 0.717) is 17.1 Å². The molecule has 1 aromatic heterocycles. The molecule has 150 valence electrons. The SMILES string of the molecule is Cc1ccc2c(c1C)N(CCCNCc1ccccc1F)c1cccnc1S2=O. The van der Waals surface area contributed by atoms with Crippen molar-refractivity contribution in [3.63, 3.8) is 0 Å². The van der Waals surface area contributed by atoms with Crippen molar-refractivity contribution in [1.82, 2.24) is 10.3 Å². The number of pyridine rings is 1. The number of aromatic nitrogens is 1. The Hall–Kier alpha value is -2.57. The van der Waals surface area contributed by atoms with Gasteiger partial charge < -0.3 is 10.2 Å². The minimum absolute atomic E-state index is 0.182. The van der Waals surface area contributed by atoms with Crippen LogP contribution < -0.4 is 10.2 Å². The molecule has 0 saturated carbocycles. The van der Waals surface area contributed by atoms with E-state index in [-0.39, 0.29) is 5.82 Å². The number of hydrogen-bond acceptors (Lipinski definition) is 4. The fourth-order valence-electron chi connectivity index (χ4n) is 3.68. The second kappa shape index (κ2) is 8.43. The van der Waals surface area contributed by atoms with Gasteiger partial charge in [0, 0.05) is 24.8 Å². The van der Waals surface area contributed by atoms with Gasteiger partial charge in [0.25, 0.3) is 0 Å². The number of fused-ring (bicyclic) bond motifs is 2.